The molecule has 10 N–H and O–H groups in total. The number of aromatic nitrogens is 2. The Morgan fingerprint density at radius 3 is 2.11 bits per heavy atom. The van der Waals surface area contributed by atoms with Gasteiger partial charge in [-0.05, 0) is 12.0 Å². The molecule has 4 atom stereocenters. The van der Waals surface area contributed by atoms with Gasteiger partial charge in [0.2, 0.25) is 23.6 Å². The first-order chi connectivity index (χ1) is 17.6. The molecule has 0 radical (unpaired) electrons. The molecule has 0 aliphatic heterocycles. The standard InChI is InChI=1S/C23H31N7O7/c24-15(9-14-10-26-12-27-14)20(33)30-18(11-31)22(35)29-17(8-13-4-2-1-3-5-13)21(34)28-16(23(36)37)6-7-19(25)32/h1-5,10,12,15-18,31H,6-9,11,24H2,(H2,25,32)(H,26,27)(H,28,34)(H,29,35)(H,30,33)(H,36,37). The molecule has 14 heteroatoms. The number of aliphatic carboxylic acids is 1. The highest BCUT2D eigenvalue weighted by Gasteiger charge is 2.30. The van der Waals surface area contributed by atoms with Crippen LogP contribution in [0.4, 0.5) is 0 Å². The second-order valence-corrected chi connectivity index (χ2v) is 8.29. The van der Waals surface area contributed by atoms with E-state index in [0.29, 0.717) is 11.3 Å². The van der Waals surface area contributed by atoms with Crippen molar-refractivity contribution in [1.29, 1.82) is 0 Å². The second-order valence-electron chi connectivity index (χ2n) is 8.29. The lowest BCUT2D eigenvalue weighted by Crippen LogP contribution is -2.58. The van der Waals surface area contributed by atoms with Gasteiger partial charge in [-0.25, -0.2) is 9.78 Å². The first-order valence-electron chi connectivity index (χ1n) is 11.4. The van der Waals surface area contributed by atoms with Crippen molar-refractivity contribution >= 4 is 29.6 Å². The summed E-state index contributed by atoms with van der Waals surface area (Å²) >= 11 is 0. The molecule has 0 aliphatic rings. The third kappa shape index (κ3) is 9.70. The number of imidazole rings is 1. The number of benzene rings is 1. The van der Waals surface area contributed by atoms with Crippen molar-refractivity contribution in [2.45, 2.75) is 49.9 Å². The van der Waals surface area contributed by atoms with Crippen LogP contribution in [0.5, 0.6) is 0 Å². The second kappa shape index (κ2) is 14.3. The van der Waals surface area contributed by atoms with Crippen LogP contribution in [0.15, 0.2) is 42.9 Å². The number of H-pyrrole nitrogens is 1. The molecule has 200 valence electrons. The maximum absolute atomic E-state index is 13.0. The topological polar surface area (TPSA) is 243 Å². The number of hydrogen-bond acceptors (Lipinski definition) is 8. The molecule has 0 saturated heterocycles. The molecule has 0 bridgehead atoms. The van der Waals surface area contributed by atoms with Crippen molar-refractivity contribution in [3.63, 3.8) is 0 Å². The van der Waals surface area contributed by atoms with E-state index >= 15 is 0 Å². The van der Waals surface area contributed by atoms with Gasteiger partial charge in [0.15, 0.2) is 0 Å². The van der Waals surface area contributed by atoms with E-state index in [1.54, 1.807) is 30.3 Å². The summed E-state index contributed by atoms with van der Waals surface area (Å²) in [6.45, 7) is -0.787. The Kier molecular flexibility index (Phi) is 11.2. The number of nitrogens with one attached hydrogen (secondary N) is 4. The van der Waals surface area contributed by atoms with Gasteiger partial charge in [0.05, 0.1) is 19.0 Å². The zero-order valence-corrected chi connectivity index (χ0v) is 19.9. The maximum Gasteiger partial charge on any atom is 0.326 e. The van der Waals surface area contributed by atoms with E-state index in [2.05, 4.69) is 25.9 Å². The number of aliphatic hydroxyl groups is 1. The van der Waals surface area contributed by atoms with Gasteiger partial charge >= 0.3 is 5.97 Å². The summed E-state index contributed by atoms with van der Waals surface area (Å²) in [5, 5.41) is 26.2. The molecule has 0 spiro atoms. The van der Waals surface area contributed by atoms with Crippen molar-refractivity contribution in [2.24, 2.45) is 11.5 Å². The minimum Gasteiger partial charge on any atom is -0.480 e. The zero-order chi connectivity index (χ0) is 27.4. The van der Waals surface area contributed by atoms with Gasteiger partial charge in [-0.15, -0.1) is 0 Å². The van der Waals surface area contributed by atoms with E-state index in [0.717, 1.165) is 0 Å². The van der Waals surface area contributed by atoms with Gasteiger partial charge in [-0.1, -0.05) is 30.3 Å². The quantitative estimate of drug-likeness (QED) is 0.122. The van der Waals surface area contributed by atoms with Gasteiger partial charge in [-0.2, -0.15) is 0 Å². The van der Waals surface area contributed by atoms with Crippen molar-refractivity contribution in [3.8, 4) is 0 Å². The van der Waals surface area contributed by atoms with E-state index in [1.807, 2.05) is 0 Å². The summed E-state index contributed by atoms with van der Waals surface area (Å²) in [6.07, 6.45) is 2.48. The molecule has 2 rings (SSSR count). The molecule has 4 amide bonds. The number of aromatic amines is 1. The molecule has 14 nitrogen and oxygen atoms in total. The van der Waals surface area contributed by atoms with Crippen LogP contribution in [0.25, 0.3) is 0 Å². The molecular formula is C23H31N7O7. The third-order valence-corrected chi connectivity index (χ3v) is 5.36. The average Bonchev–Trinajstić information content (AvgIpc) is 3.37. The highest BCUT2D eigenvalue weighted by molar-refractivity contribution is 5.94. The van der Waals surface area contributed by atoms with E-state index in [9.17, 15) is 34.2 Å². The van der Waals surface area contributed by atoms with Crippen LogP contribution in [0, 0.1) is 0 Å². The van der Waals surface area contributed by atoms with Crippen LogP contribution in [0.3, 0.4) is 0 Å². The summed E-state index contributed by atoms with van der Waals surface area (Å²) in [5.41, 5.74) is 12.2. The Labute approximate surface area is 212 Å². The molecule has 2 aromatic rings. The number of hydrogen-bond donors (Lipinski definition) is 8. The number of carbonyl (C=O) groups is 5. The summed E-state index contributed by atoms with van der Waals surface area (Å²) in [5.74, 6) is -4.56. The van der Waals surface area contributed by atoms with Crippen LogP contribution in [0.1, 0.15) is 24.1 Å². The first-order valence-corrected chi connectivity index (χ1v) is 11.4. The number of carboxylic acids is 1. The molecule has 0 aliphatic carbocycles. The maximum atomic E-state index is 13.0. The Balaban J connectivity index is 2.11. The normalized spacial score (nSPS) is 14.0. The van der Waals surface area contributed by atoms with E-state index in [1.165, 1.54) is 12.5 Å². The molecule has 0 fully saturated rings. The minimum atomic E-state index is -1.43. The van der Waals surface area contributed by atoms with Gasteiger partial charge in [0.1, 0.15) is 18.1 Å². The van der Waals surface area contributed by atoms with Crippen LogP contribution < -0.4 is 27.4 Å². The molecule has 37 heavy (non-hydrogen) atoms. The fourth-order valence-electron chi connectivity index (χ4n) is 3.35. The number of nitrogens with two attached hydrogens (primary N) is 2. The van der Waals surface area contributed by atoms with Crippen LogP contribution in [-0.2, 0) is 36.8 Å². The molecular weight excluding hydrogens is 486 g/mol. The molecule has 1 heterocycles. The van der Waals surface area contributed by atoms with E-state index in [4.69, 9.17) is 11.5 Å². The molecule has 1 aromatic heterocycles. The Morgan fingerprint density at radius 1 is 0.919 bits per heavy atom. The minimum absolute atomic E-state index is 0.0218. The lowest BCUT2D eigenvalue weighted by atomic mass is 10.0. The van der Waals surface area contributed by atoms with Crippen molar-refractivity contribution in [3.05, 3.63) is 54.1 Å². The number of amides is 4. The number of rotatable bonds is 15. The van der Waals surface area contributed by atoms with Gasteiger partial charge in [-0.3, -0.25) is 19.2 Å². The number of carbonyl (C=O) groups excluding carboxylic acids is 4. The van der Waals surface area contributed by atoms with Crippen LogP contribution >= 0.6 is 0 Å². The van der Waals surface area contributed by atoms with Crippen molar-refractivity contribution in [2.75, 3.05) is 6.61 Å². The Hall–Kier alpha value is -4.30. The molecule has 1 aromatic carbocycles. The summed E-state index contributed by atoms with van der Waals surface area (Å²) in [7, 11) is 0. The predicted octanol–water partition coefficient (Wildman–Crippen LogP) is -2.68. The number of carboxylic acid groups (broad SMARTS) is 1. The van der Waals surface area contributed by atoms with Crippen LogP contribution in [-0.4, -0.2) is 80.6 Å². The van der Waals surface area contributed by atoms with Crippen LogP contribution in [0.2, 0.25) is 0 Å². The number of primary amides is 1. The third-order valence-electron chi connectivity index (χ3n) is 5.36. The average molecular weight is 518 g/mol. The van der Waals surface area contributed by atoms with E-state index < -0.39 is 60.4 Å². The fraction of sp³-hybridized carbons (Fsp3) is 0.391. The monoisotopic (exact) mass is 517 g/mol. The highest BCUT2D eigenvalue weighted by Crippen LogP contribution is 2.06. The summed E-state index contributed by atoms with van der Waals surface area (Å²) < 4.78 is 0. The lowest BCUT2D eigenvalue weighted by Gasteiger charge is -2.24. The van der Waals surface area contributed by atoms with Gasteiger partial charge in [0, 0.05) is 31.2 Å². The Morgan fingerprint density at radius 2 is 1.54 bits per heavy atom. The van der Waals surface area contributed by atoms with Gasteiger partial charge < -0.3 is 42.6 Å². The zero-order valence-electron chi connectivity index (χ0n) is 19.9. The van der Waals surface area contributed by atoms with Gasteiger partial charge in [0.25, 0.3) is 0 Å². The molecule has 4 unspecified atom stereocenters. The van der Waals surface area contributed by atoms with Crippen molar-refractivity contribution in [1.82, 2.24) is 25.9 Å². The van der Waals surface area contributed by atoms with Crippen molar-refractivity contribution < 1.29 is 34.2 Å². The SMILES string of the molecule is NC(=O)CCC(NC(=O)C(Cc1ccccc1)NC(=O)C(CO)NC(=O)C(N)Cc1cnc[nH]1)C(=O)O. The summed E-state index contributed by atoms with van der Waals surface area (Å²) in [4.78, 5) is 67.6. The number of aliphatic hydroxyl groups excluding tert-OH is 1. The lowest BCUT2D eigenvalue weighted by molar-refractivity contribution is -0.142. The Bertz CT molecular complexity index is 1060. The highest BCUT2D eigenvalue weighted by atomic mass is 16.4. The predicted molar refractivity (Wildman–Crippen MR) is 129 cm³/mol. The smallest absolute Gasteiger partial charge is 0.326 e. The number of nitrogens with zero attached hydrogens (tertiary/aromatic N) is 1. The fourth-order valence-corrected chi connectivity index (χ4v) is 3.35. The van der Waals surface area contributed by atoms with E-state index in [-0.39, 0.29) is 25.7 Å². The largest absolute Gasteiger partial charge is 0.480 e. The first kappa shape index (κ1) is 28.9. The molecule has 0 saturated carbocycles. The summed E-state index contributed by atoms with van der Waals surface area (Å²) in [6, 6.07) is 3.42.